The number of nitrogens with one attached hydrogen (secondary N) is 1. The number of hydrogen-bond donors (Lipinski definition) is 1. The molecule has 0 radical (unpaired) electrons. The fourth-order valence-corrected chi connectivity index (χ4v) is 2.49. The quantitative estimate of drug-likeness (QED) is 0.923. The molecule has 1 aromatic carbocycles. The Bertz CT molecular complexity index is 359. The minimum absolute atomic E-state index is 0.343. The lowest BCUT2D eigenvalue weighted by atomic mass is 10.2. The highest BCUT2D eigenvalue weighted by atomic mass is 79.9. The highest BCUT2D eigenvalue weighted by Gasteiger charge is 2.20. The van der Waals surface area contributed by atoms with Crippen LogP contribution in [-0.4, -0.2) is 39.4 Å². The van der Waals surface area contributed by atoms with Gasteiger partial charge in [-0.15, -0.1) is 0 Å². The second-order valence-corrected chi connectivity index (χ2v) is 5.23. The molecular weight excluding hydrogens is 280 g/mol. The van der Waals surface area contributed by atoms with Crippen molar-refractivity contribution in [2.75, 3.05) is 38.2 Å². The molecule has 0 bridgehead atoms. The van der Waals surface area contributed by atoms with Crippen LogP contribution in [0.3, 0.4) is 0 Å². The second kappa shape index (κ2) is 6.38. The Hall–Kier alpha value is -0.580. The summed E-state index contributed by atoms with van der Waals surface area (Å²) < 4.78 is 6.90. The highest BCUT2D eigenvalue weighted by Crippen LogP contribution is 2.22. The molecule has 1 N–H and O–H groups in total. The number of ether oxygens (including phenoxy) is 1. The van der Waals surface area contributed by atoms with E-state index in [1.54, 1.807) is 0 Å². The van der Waals surface area contributed by atoms with Gasteiger partial charge in [0, 0.05) is 23.2 Å². The first kappa shape index (κ1) is 12.9. The van der Waals surface area contributed by atoms with E-state index in [-0.39, 0.29) is 0 Å². The van der Waals surface area contributed by atoms with E-state index < -0.39 is 0 Å². The van der Waals surface area contributed by atoms with Gasteiger partial charge in [0.1, 0.15) is 0 Å². The molecule has 1 unspecified atom stereocenters. The van der Waals surface area contributed by atoms with E-state index in [2.05, 4.69) is 50.4 Å². The number of hydrogen-bond acceptors (Lipinski definition) is 3. The summed E-state index contributed by atoms with van der Waals surface area (Å²) in [6.07, 6.45) is 1.41. The number of halogens is 1. The molecule has 3 nitrogen and oxygen atoms in total. The topological polar surface area (TPSA) is 24.5 Å². The average molecular weight is 299 g/mol. The fraction of sp³-hybridized carbons (Fsp3) is 0.538. The van der Waals surface area contributed by atoms with Gasteiger partial charge in [-0.05, 0) is 38.2 Å². The predicted octanol–water partition coefficient (Wildman–Crippen LogP) is 2.26. The van der Waals surface area contributed by atoms with Crippen LogP contribution in [-0.2, 0) is 4.74 Å². The van der Waals surface area contributed by atoms with Crippen molar-refractivity contribution in [2.24, 2.45) is 0 Å². The molecule has 1 saturated heterocycles. The van der Waals surface area contributed by atoms with E-state index in [9.17, 15) is 0 Å². The van der Waals surface area contributed by atoms with Crippen molar-refractivity contribution in [1.82, 2.24) is 5.32 Å². The SMILES string of the molecule is CNCCC1CN(c2cccc(Br)c2)CCO1. The molecule has 1 aromatic rings. The van der Waals surface area contributed by atoms with Gasteiger partial charge in [-0.3, -0.25) is 0 Å². The zero-order valence-corrected chi connectivity index (χ0v) is 11.7. The summed E-state index contributed by atoms with van der Waals surface area (Å²) in [4.78, 5) is 2.40. The molecule has 1 aliphatic rings. The first-order valence-corrected chi connectivity index (χ1v) is 6.85. The zero-order chi connectivity index (χ0) is 12.1. The third-order valence-corrected chi connectivity index (χ3v) is 3.52. The lowest BCUT2D eigenvalue weighted by molar-refractivity contribution is 0.0358. The Balaban J connectivity index is 1.97. The Morgan fingerprint density at radius 3 is 3.18 bits per heavy atom. The molecular formula is C13H19BrN2O. The summed E-state index contributed by atoms with van der Waals surface area (Å²) in [5.74, 6) is 0. The first-order valence-electron chi connectivity index (χ1n) is 6.06. The molecule has 1 aliphatic heterocycles. The summed E-state index contributed by atoms with van der Waals surface area (Å²) >= 11 is 3.52. The lowest BCUT2D eigenvalue weighted by Gasteiger charge is -2.34. The summed E-state index contributed by atoms with van der Waals surface area (Å²) in [6.45, 7) is 3.79. The predicted molar refractivity (Wildman–Crippen MR) is 74.6 cm³/mol. The molecule has 0 saturated carbocycles. The molecule has 1 fully saturated rings. The normalized spacial score (nSPS) is 20.6. The van der Waals surface area contributed by atoms with Crippen LogP contribution < -0.4 is 10.2 Å². The van der Waals surface area contributed by atoms with Crippen molar-refractivity contribution in [3.05, 3.63) is 28.7 Å². The van der Waals surface area contributed by atoms with Crippen LogP contribution >= 0.6 is 15.9 Å². The van der Waals surface area contributed by atoms with Gasteiger partial charge in [0.2, 0.25) is 0 Å². The molecule has 94 valence electrons. The van der Waals surface area contributed by atoms with Gasteiger partial charge in [0.05, 0.1) is 12.7 Å². The van der Waals surface area contributed by atoms with E-state index in [0.717, 1.165) is 37.1 Å². The second-order valence-electron chi connectivity index (χ2n) is 4.31. The van der Waals surface area contributed by atoms with Crippen LogP contribution in [0.1, 0.15) is 6.42 Å². The fourth-order valence-electron chi connectivity index (χ4n) is 2.11. The molecule has 1 atom stereocenters. The lowest BCUT2D eigenvalue weighted by Crippen LogP contribution is -2.43. The molecule has 1 heterocycles. The zero-order valence-electron chi connectivity index (χ0n) is 10.2. The van der Waals surface area contributed by atoms with Crippen molar-refractivity contribution >= 4 is 21.6 Å². The Morgan fingerprint density at radius 2 is 2.41 bits per heavy atom. The average Bonchev–Trinajstić information content (AvgIpc) is 2.37. The summed E-state index contributed by atoms with van der Waals surface area (Å²) in [5, 5.41) is 3.17. The molecule has 0 aliphatic carbocycles. The van der Waals surface area contributed by atoms with Gasteiger partial charge >= 0.3 is 0 Å². The van der Waals surface area contributed by atoms with E-state index >= 15 is 0 Å². The number of rotatable bonds is 4. The highest BCUT2D eigenvalue weighted by molar-refractivity contribution is 9.10. The van der Waals surface area contributed by atoms with Crippen LogP contribution in [0.25, 0.3) is 0 Å². The van der Waals surface area contributed by atoms with Gasteiger partial charge in [0.25, 0.3) is 0 Å². The van der Waals surface area contributed by atoms with Crippen molar-refractivity contribution in [1.29, 1.82) is 0 Å². The number of benzene rings is 1. The minimum atomic E-state index is 0.343. The van der Waals surface area contributed by atoms with Crippen molar-refractivity contribution in [2.45, 2.75) is 12.5 Å². The molecule has 2 rings (SSSR count). The van der Waals surface area contributed by atoms with Crippen molar-refractivity contribution < 1.29 is 4.74 Å². The smallest absolute Gasteiger partial charge is 0.0762 e. The number of nitrogens with zero attached hydrogens (tertiary/aromatic N) is 1. The van der Waals surface area contributed by atoms with E-state index in [1.807, 2.05) is 7.05 Å². The minimum Gasteiger partial charge on any atom is -0.374 e. The van der Waals surface area contributed by atoms with Crippen LogP contribution in [0.4, 0.5) is 5.69 Å². The summed E-state index contributed by atoms with van der Waals surface area (Å²) in [6, 6.07) is 8.46. The Morgan fingerprint density at radius 1 is 1.53 bits per heavy atom. The number of morpholine rings is 1. The Kier molecular flexibility index (Phi) is 4.83. The van der Waals surface area contributed by atoms with E-state index in [4.69, 9.17) is 4.74 Å². The maximum atomic E-state index is 5.77. The van der Waals surface area contributed by atoms with E-state index in [1.165, 1.54) is 5.69 Å². The van der Waals surface area contributed by atoms with Crippen LogP contribution in [0.5, 0.6) is 0 Å². The number of anilines is 1. The van der Waals surface area contributed by atoms with Crippen molar-refractivity contribution in [3.63, 3.8) is 0 Å². The maximum absolute atomic E-state index is 5.77. The Labute approximate surface area is 111 Å². The van der Waals surface area contributed by atoms with Crippen molar-refractivity contribution in [3.8, 4) is 0 Å². The first-order chi connectivity index (χ1) is 8.29. The monoisotopic (exact) mass is 298 g/mol. The third-order valence-electron chi connectivity index (χ3n) is 3.03. The molecule has 0 spiro atoms. The van der Waals surface area contributed by atoms with Gasteiger partial charge in [-0.2, -0.15) is 0 Å². The summed E-state index contributed by atoms with van der Waals surface area (Å²) in [7, 11) is 1.98. The largest absolute Gasteiger partial charge is 0.374 e. The summed E-state index contributed by atoms with van der Waals surface area (Å²) in [5.41, 5.74) is 1.28. The van der Waals surface area contributed by atoms with Crippen LogP contribution in [0.15, 0.2) is 28.7 Å². The molecule has 4 heteroatoms. The van der Waals surface area contributed by atoms with Gasteiger partial charge in [-0.25, -0.2) is 0 Å². The third kappa shape index (κ3) is 3.69. The van der Waals surface area contributed by atoms with Crippen LogP contribution in [0.2, 0.25) is 0 Å². The maximum Gasteiger partial charge on any atom is 0.0762 e. The van der Waals surface area contributed by atoms with Gasteiger partial charge < -0.3 is 15.0 Å². The molecule has 0 amide bonds. The molecule has 0 aromatic heterocycles. The van der Waals surface area contributed by atoms with Gasteiger partial charge in [0.15, 0.2) is 0 Å². The van der Waals surface area contributed by atoms with E-state index in [0.29, 0.717) is 6.10 Å². The molecule has 17 heavy (non-hydrogen) atoms. The van der Waals surface area contributed by atoms with Gasteiger partial charge in [-0.1, -0.05) is 22.0 Å². The standard InChI is InChI=1S/C13H19BrN2O/c1-15-6-5-13-10-16(7-8-17-13)12-4-2-3-11(14)9-12/h2-4,9,13,15H,5-8,10H2,1H3. The van der Waals surface area contributed by atoms with Crippen LogP contribution in [0, 0.1) is 0 Å².